The van der Waals surface area contributed by atoms with E-state index in [1.165, 1.54) is 0 Å². The Balaban J connectivity index is 2.37. The van der Waals surface area contributed by atoms with Crippen LogP contribution in [0.3, 0.4) is 0 Å². The fourth-order valence-corrected chi connectivity index (χ4v) is 3.35. The molecule has 0 heterocycles. The van der Waals surface area contributed by atoms with Crippen LogP contribution in [-0.4, -0.2) is 16.8 Å². The molecule has 0 amide bonds. The van der Waals surface area contributed by atoms with E-state index >= 15 is 0 Å². The largest absolute Gasteiger partial charge is 0.465 e. The van der Waals surface area contributed by atoms with Crippen molar-refractivity contribution in [2.45, 2.75) is 17.1 Å². The Bertz CT molecular complexity index is 626. The van der Waals surface area contributed by atoms with Gasteiger partial charge in [0.25, 0.3) is 0 Å². The minimum Gasteiger partial charge on any atom is -0.465 e. The Labute approximate surface area is 131 Å². The van der Waals surface area contributed by atoms with Crippen LogP contribution in [0.4, 0.5) is 0 Å². The van der Waals surface area contributed by atoms with Crippen LogP contribution in [0.15, 0.2) is 59.5 Å². The summed E-state index contributed by atoms with van der Waals surface area (Å²) in [6, 6.07) is 15.6. The van der Waals surface area contributed by atoms with Crippen LogP contribution < -0.4 is 0 Å². The summed E-state index contributed by atoms with van der Waals surface area (Å²) in [5.41, 5.74) is 0.671. The van der Waals surface area contributed by atoms with Gasteiger partial charge in [0.15, 0.2) is 5.25 Å². The van der Waals surface area contributed by atoms with Gasteiger partial charge in [-0.05, 0) is 36.8 Å². The van der Waals surface area contributed by atoms with Crippen LogP contribution in [0, 0.1) is 0 Å². The standard InChI is InChI=1S/C16H15ClO3S/c1-2-20-16(18)15(12-6-4-3-5-7-12)21(19)14-10-8-13(17)9-11-14/h3-11,15H,2H2,1H3. The Kier molecular flexibility index (Phi) is 5.53. The van der Waals surface area contributed by atoms with E-state index in [-0.39, 0.29) is 6.61 Å². The third-order valence-electron chi connectivity index (χ3n) is 2.86. The maximum absolute atomic E-state index is 12.7. The van der Waals surface area contributed by atoms with Gasteiger partial charge in [-0.3, -0.25) is 9.00 Å². The average Bonchev–Trinajstić information content (AvgIpc) is 2.49. The van der Waals surface area contributed by atoms with Crippen molar-refractivity contribution in [3.63, 3.8) is 0 Å². The second kappa shape index (κ2) is 7.38. The third-order valence-corrected chi connectivity index (χ3v) is 4.74. The second-order valence-electron chi connectivity index (χ2n) is 4.29. The number of hydrogen-bond acceptors (Lipinski definition) is 3. The predicted molar refractivity (Wildman–Crippen MR) is 83.7 cm³/mol. The van der Waals surface area contributed by atoms with Crippen LogP contribution >= 0.6 is 11.6 Å². The fraction of sp³-hybridized carbons (Fsp3) is 0.188. The molecule has 21 heavy (non-hydrogen) atoms. The van der Waals surface area contributed by atoms with Crippen molar-refractivity contribution in [3.8, 4) is 0 Å². The third kappa shape index (κ3) is 3.93. The summed E-state index contributed by atoms with van der Waals surface area (Å²) in [5, 5.41) is -0.282. The van der Waals surface area contributed by atoms with Crippen LogP contribution in [0.2, 0.25) is 5.02 Å². The number of hydrogen-bond donors (Lipinski definition) is 0. The van der Waals surface area contributed by atoms with Gasteiger partial charge < -0.3 is 4.74 Å². The van der Waals surface area contributed by atoms with Gasteiger partial charge in [0.2, 0.25) is 0 Å². The summed E-state index contributed by atoms with van der Waals surface area (Å²) >= 11 is 5.83. The normalized spacial score (nSPS) is 13.4. The molecule has 0 bridgehead atoms. The summed E-state index contributed by atoms with van der Waals surface area (Å²) in [5.74, 6) is -0.489. The lowest BCUT2D eigenvalue weighted by atomic mass is 10.1. The molecule has 110 valence electrons. The molecule has 2 unspecified atom stereocenters. The van der Waals surface area contributed by atoms with Gasteiger partial charge in [0, 0.05) is 9.92 Å². The first kappa shape index (κ1) is 15.7. The van der Waals surface area contributed by atoms with Crippen LogP contribution in [-0.2, 0) is 20.3 Å². The van der Waals surface area contributed by atoms with E-state index in [9.17, 15) is 9.00 Å². The minimum absolute atomic E-state index is 0.250. The molecule has 0 N–H and O–H groups in total. The molecule has 3 nitrogen and oxygen atoms in total. The van der Waals surface area contributed by atoms with E-state index in [1.807, 2.05) is 6.07 Å². The fourth-order valence-electron chi connectivity index (χ4n) is 1.90. The lowest BCUT2D eigenvalue weighted by Gasteiger charge is -2.15. The quantitative estimate of drug-likeness (QED) is 0.787. The number of carbonyl (C=O) groups is 1. The van der Waals surface area contributed by atoms with Gasteiger partial charge in [-0.25, -0.2) is 0 Å². The van der Waals surface area contributed by atoms with Crippen LogP contribution in [0.5, 0.6) is 0 Å². The molecular weight excluding hydrogens is 308 g/mol. The van der Waals surface area contributed by atoms with Crippen molar-refractivity contribution in [2.24, 2.45) is 0 Å². The molecule has 2 aromatic carbocycles. The molecular formula is C16H15ClO3S. The summed E-state index contributed by atoms with van der Waals surface area (Å²) in [4.78, 5) is 12.7. The first-order chi connectivity index (χ1) is 10.1. The molecule has 0 aliphatic rings. The zero-order valence-corrected chi connectivity index (χ0v) is 13.1. The van der Waals surface area contributed by atoms with Gasteiger partial charge in [0.05, 0.1) is 17.4 Å². The van der Waals surface area contributed by atoms with Gasteiger partial charge in [-0.2, -0.15) is 0 Å². The van der Waals surface area contributed by atoms with Crippen LogP contribution in [0.25, 0.3) is 0 Å². The van der Waals surface area contributed by atoms with Crippen molar-refractivity contribution < 1.29 is 13.7 Å². The molecule has 5 heteroatoms. The Morgan fingerprint density at radius 1 is 1.14 bits per heavy atom. The number of ether oxygens (including phenoxy) is 1. The minimum atomic E-state index is -1.55. The highest BCUT2D eigenvalue weighted by Crippen LogP contribution is 2.27. The second-order valence-corrected chi connectivity index (χ2v) is 6.27. The first-order valence-electron chi connectivity index (χ1n) is 6.51. The Morgan fingerprint density at radius 2 is 1.76 bits per heavy atom. The Morgan fingerprint density at radius 3 is 2.33 bits per heavy atom. The summed E-state index contributed by atoms with van der Waals surface area (Å²) in [6.45, 7) is 1.98. The molecule has 2 aromatic rings. The van der Waals surface area contributed by atoms with E-state index < -0.39 is 22.0 Å². The highest BCUT2D eigenvalue weighted by atomic mass is 35.5. The topological polar surface area (TPSA) is 43.4 Å². The number of esters is 1. The van der Waals surface area contributed by atoms with E-state index in [1.54, 1.807) is 55.5 Å². The smallest absolute Gasteiger partial charge is 0.326 e. The molecule has 0 aliphatic heterocycles. The highest BCUT2D eigenvalue weighted by molar-refractivity contribution is 7.86. The molecule has 0 saturated heterocycles. The maximum Gasteiger partial charge on any atom is 0.326 e. The molecule has 2 atom stereocenters. The number of rotatable bonds is 5. The molecule has 0 saturated carbocycles. The SMILES string of the molecule is CCOC(=O)C(c1ccccc1)S(=O)c1ccc(Cl)cc1. The summed E-state index contributed by atoms with van der Waals surface area (Å²) in [6.07, 6.45) is 0. The molecule has 0 aromatic heterocycles. The maximum atomic E-state index is 12.7. The van der Waals surface area contributed by atoms with Crippen molar-refractivity contribution in [3.05, 3.63) is 65.2 Å². The van der Waals surface area contributed by atoms with E-state index in [0.717, 1.165) is 0 Å². The van der Waals surface area contributed by atoms with Gasteiger partial charge in [-0.15, -0.1) is 0 Å². The average molecular weight is 323 g/mol. The van der Waals surface area contributed by atoms with Gasteiger partial charge >= 0.3 is 5.97 Å². The lowest BCUT2D eigenvalue weighted by molar-refractivity contribution is -0.142. The molecule has 2 rings (SSSR count). The van der Waals surface area contributed by atoms with Crippen molar-refractivity contribution in [1.29, 1.82) is 0 Å². The van der Waals surface area contributed by atoms with Gasteiger partial charge in [0.1, 0.15) is 0 Å². The van der Waals surface area contributed by atoms with Gasteiger partial charge in [-0.1, -0.05) is 41.9 Å². The highest BCUT2D eigenvalue weighted by Gasteiger charge is 2.29. The molecule has 0 fully saturated rings. The lowest BCUT2D eigenvalue weighted by Crippen LogP contribution is -2.20. The zero-order chi connectivity index (χ0) is 15.2. The summed E-state index contributed by atoms with van der Waals surface area (Å²) < 4.78 is 17.8. The Hall–Kier alpha value is -1.65. The molecule has 0 aliphatic carbocycles. The van der Waals surface area contributed by atoms with E-state index in [2.05, 4.69) is 0 Å². The van der Waals surface area contributed by atoms with E-state index in [0.29, 0.717) is 15.5 Å². The van der Waals surface area contributed by atoms with Crippen molar-refractivity contribution in [1.82, 2.24) is 0 Å². The molecule has 0 spiro atoms. The van der Waals surface area contributed by atoms with Crippen LogP contribution in [0.1, 0.15) is 17.7 Å². The summed E-state index contributed by atoms with van der Waals surface area (Å²) in [7, 11) is -1.55. The van der Waals surface area contributed by atoms with Crippen molar-refractivity contribution in [2.75, 3.05) is 6.61 Å². The zero-order valence-electron chi connectivity index (χ0n) is 11.5. The predicted octanol–water partition coefficient (Wildman–Crippen LogP) is 3.75. The molecule has 0 radical (unpaired) electrons. The van der Waals surface area contributed by atoms with E-state index in [4.69, 9.17) is 16.3 Å². The number of halogens is 1. The number of benzene rings is 2. The van der Waals surface area contributed by atoms with Crippen molar-refractivity contribution >= 4 is 28.4 Å². The first-order valence-corrected chi connectivity index (χ1v) is 8.10. The monoisotopic (exact) mass is 322 g/mol. The number of carbonyl (C=O) groups excluding carboxylic acids is 1.